The number of hydrogen-bond acceptors (Lipinski definition) is 5. The van der Waals surface area contributed by atoms with Crippen molar-refractivity contribution < 1.29 is 4.74 Å². The number of thiazole rings is 1. The summed E-state index contributed by atoms with van der Waals surface area (Å²) in [4.78, 5) is 8.91. The maximum Gasteiger partial charge on any atom is 0.203 e. The molecule has 0 fully saturated rings. The largest absolute Gasteiger partial charge is 0.383 e. The van der Waals surface area contributed by atoms with E-state index in [0.717, 1.165) is 16.6 Å². The second-order valence-electron chi connectivity index (χ2n) is 4.66. The Morgan fingerprint density at radius 3 is 2.89 bits per heavy atom. The fourth-order valence-corrected chi connectivity index (χ4v) is 2.78. The number of hydrogen-bond donors (Lipinski definition) is 1. The number of ether oxygens (including phenoxy) is 1. The number of nitrogens with zero attached hydrogens (tertiary/aromatic N) is 3. The van der Waals surface area contributed by atoms with Gasteiger partial charge in [0.25, 0.3) is 0 Å². The molecule has 2 aromatic rings. The lowest BCUT2D eigenvalue weighted by Gasteiger charge is -2.18. The minimum Gasteiger partial charge on any atom is -0.383 e. The van der Waals surface area contributed by atoms with Crippen molar-refractivity contribution in [3.63, 3.8) is 0 Å². The van der Waals surface area contributed by atoms with Crippen molar-refractivity contribution in [2.24, 2.45) is 0 Å². The molecule has 104 valence electrons. The molecule has 1 N–H and O–H groups in total. The van der Waals surface area contributed by atoms with E-state index in [2.05, 4.69) is 39.1 Å². The van der Waals surface area contributed by atoms with Crippen molar-refractivity contribution in [1.82, 2.24) is 14.5 Å². The second-order valence-corrected chi connectivity index (χ2v) is 5.55. The molecule has 0 aliphatic heterocycles. The number of anilines is 1. The van der Waals surface area contributed by atoms with Crippen molar-refractivity contribution >= 4 is 17.3 Å². The van der Waals surface area contributed by atoms with E-state index >= 15 is 0 Å². The first-order valence-corrected chi connectivity index (χ1v) is 7.20. The smallest absolute Gasteiger partial charge is 0.203 e. The molecule has 0 aliphatic carbocycles. The monoisotopic (exact) mass is 280 g/mol. The van der Waals surface area contributed by atoms with Gasteiger partial charge in [0, 0.05) is 36.6 Å². The molecule has 0 aliphatic rings. The highest BCUT2D eigenvalue weighted by Gasteiger charge is 2.16. The Labute approximate surface area is 117 Å². The lowest BCUT2D eigenvalue weighted by molar-refractivity contribution is 0.190. The van der Waals surface area contributed by atoms with Crippen LogP contribution in [0.15, 0.2) is 17.8 Å². The number of nitrogens with one attached hydrogen (secondary N) is 1. The summed E-state index contributed by atoms with van der Waals surface area (Å²) in [6.07, 6.45) is 3.78. The zero-order chi connectivity index (χ0) is 13.8. The van der Waals surface area contributed by atoms with Gasteiger partial charge in [-0.3, -0.25) is 0 Å². The van der Waals surface area contributed by atoms with Crippen LogP contribution in [0.5, 0.6) is 0 Å². The minimum atomic E-state index is 0.179. The van der Waals surface area contributed by atoms with E-state index in [1.54, 1.807) is 24.6 Å². The summed E-state index contributed by atoms with van der Waals surface area (Å²) in [7, 11) is 1.70. The first-order valence-electron chi connectivity index (χ1n) is 6.32. The van der Waals surface area contributed by atoms with Crippen molar-refractivity contribution in [3.05, 3.63) is 28.5 Å². The fourth-order valence-electron chi connectivity index (χ4n) is 1.93. The van der Waals surface area contributed by atoms with Gasteiger partial charge < -0.3 is 14.6 Å². The standard InChI is InChI=1S/C13H20N4OS/c1-9(7-18-4)16-13-14-5-6-17(13)11(3)12-15-10(2)8-19-12/h5-6,8-9,11H,7H2,1-4H3,(H,14,16). The number of aryl methyl sites for hydroxylation is 1. The lowest BCUT2D eigenvalue weighted by Crippen LogP contribution is -2.24. The summed E-state index contributed by atoms with van der Waals surface area (Å²) < 4.78 is 7.23. The SMILES string of the molecule is COCC(C)Nc1nccn1C(C)c1nc(C)cs1. The predicted octanol–water partition coefficient (Wildman–Crippen LogP) is 2.70. The Hall–Kier alpha value is -1.40. The molecule has 2 unspecified atom stereocenters. The summed E-state index contributed by atoms with van der Waals surface area (Å²) in [5.41, 5.74) is 1.06. The van der Waals surface area contributed by atoms with Crippen LogP contribution in [-0.4, -0.2) is 34.3 Å². The van der Waals surface area contributed by atoms with Gasteiger partial charge in [0.15, 0.2) is 0 Å². The Bertz CT molecular complexity index is 522. The third-order valence-corrected chi connectivity index (χ3v) is 4.01. The van der Waals surface area contributed by atoms with Crippen molar-refractivity contribution in [1.29, 1.82) is 0 Å². The van der Waals surface area contributed by atoms with Crippen LogP contribution >= 0.6 is 11.3 Å². The van der Waals surface area contributed by atoms with Gasteiger partial charge in [-0.05, 0) is 20.8 Å². The van der Waals surface area contributed by atoms with Crippen LogP contribution in [0.1, 0.15) is 30.6 Å². The molecule has 19 heavy (non-hydrogen) atoms. The Kier molecular flexibility index (Phi) is 4.55. The molecule has 0 bridgehead atoms. The van der Waals surface area contributed by atoms with Crippen LogP contribution in [0.25, 0.3) is 0 Å². The normalized spacial score (nSPS) is 14.3. The summed E-state index contributed by atoms with van der Waals surface area (Å²) in [5.74, 6) is 0.852. The number of aromatic nitrogens is 3. The zero-order valence-corrected chi connectivity index (χ0v) is 12.6. The van der Waals surface area contributed by atoms with Gasteiger partial charge in [0.1, 0.15) is 5.01 Å². The average Bonchev–Trinajstić information content (AvgIpc) is 2.98. The van der Waals surface area contributed by atoms with Gasteiger partial charge in [-0.15, -0.1) is 11.3 Å². The topological polar surface area (TPSA) is 52.0 Å². The third kappa shape index (κ3) is 3.33. The van der Waals surface area contributed by atoms with Crippen molar-refractivity contribution in [2.45, 2.75) is 32.9 Å². The molecule has 0 saturated carbocycles. The molecule has 2 rings (SSSR count). The molecule has 0 saturated heterocycles. The molecule has 0 aromatic carbocycles. The van der Waals surface area contributed by atoms with Crippen LogP contribution in [0, 0.1) is 6.92 Å². The first-order chi connectivity index (χ1) is 9.11. The van der Waals surface area contributed by atoms with Gasteiger partial charge in [0.05, 0.1) is 12.6 Å². The van der Waals surface area contributed by atoms with Crippen LogP contribution in [0.4, 0.5) is 5.95 Å². The summed E-state index contributed by atoms with van der Waals surface area (Å²) in [6.45, 7) is 6.87. The molecule has 6 heteroatoms. The molecule has 2 aromatic heterocycles. The van der Waals surface area contributed by atoms with E-state index in [9.17, 15) is 0 Å². The Morgan fingerprint density at radius 2 is 2.26 bits per heavy atom. The number of methoxy groups -OCH3 is 1. The average molecular weight is 280 g/mol. The maximum absolute atomic E-state index is 5.13. The predicted molar refractivity (Wildman–Crippen MR) is 77.9 cm³/mol. The van der Waals surface area contributed by atoms with Crippen LogP contribution in [-0.2, 0) is 4.74 Å². The van der Waals surface area contributed by atoms with E-state index in [4.69, 9.17) is 4.74 Å². The van der Waals surface area contributed by atoms with E-state index < -0.39 is 0 Å². The van der Waals surface area contributed by atoms with E-state index in [-0.39, 0.29) is 12.1 Å². The molecule has 0 spiro atoms. The first kappa shape index (κ1) is 14.0. The van der Waals surface area contributed by atoms with Gasteiger partial charge in [-0.2, -0.15) is 0 Å². The second kappa shape index (κ2) is 6.16. The number of rotatable bonds is 6. The molecule has 0 amide bonds. The lowest BCUT2D eigenvalue weighted by atomic mass is 10.3. The molecular weight excluding hydrogens is 260 g/mol. The molecule has 5 nitrogen and oxygen atoms in total. The molecular formula is C13H20N4OS. The van der Waals surface area contributed by atoms with Crippen LogP contribution < -0.4 is 5.32 Å². The highest BCUT2D eigenvalue weighted by atomic mass is 32.1. The van der Waals surface area contributed by atoms with Crippen molar-refractivity contribution in [3.8, 4) is 0 Å². The summed E-state index contributed by atoms with van der Waals surface area (Å²) in [6, 6.07) is 0.398. The minimum absolute atomic E-state index is 0.179. The van der Waals surface area contributed by atoms with Crippen molar-refractivity contribution in [2.75, 3.05) is 19.0 Å². The molecule has 2 atom stereocenters. The summed E-state index contributed by atoms with van der Waals surface area (Å²) in [5, 5.41) is 6.52. The Balaban J connectivity index is 2.14. The van der Waals surface area contributed by atoms with Crippen LogP contribution in [0.2, 0.25) is 0 Å². The third-order valence-electron chi connectivity index (χ3n) is 2.87. The maximum atomic E-state index is 5.13. The quantitative estimate of drug-likeness (QED) is 0.884. The molecule has 2 heterocycles. The van der Waals surface area contributed by atoms with Gasteiger partial charge in [0.2, 0.25) is 5.95 Å². The molecule has 0 radical (unpaired) electrons. The number of imidazole rings is 1. The van der Waals surface area contributed by atoms with Gasteiger partial charge in [-0.25, -0.2) is 9.97 Å². The highest BCUT2D eigenvalue weighted by Crippen LogP contribution is 2.24. The van der Waals surface area contributed by atoms with Crippen LogP contribution in [0.3, 0.4) is 0 Å². The summed E-state index contributed by atoms with van der Waals surface area (Å²) >= 11 is 1.68. The van der Waals surface area contributed by atoms with Gasteiger partial charge >= 0.3 is 0 Å². The van der Waals surface area contributed by atoms with E-state index in [1.807, 2.05) is 13.1 Å². The Morgan fingerprint density at radius 1 is 1.47 bits per heavy atom. The van der Waals surface area contributed by atoms with E-state index in [1.165, 1.54) is 0 Å². The van der Waals surface area contributed by atoms with Gasteiger partial charge in [-0.1, -0.05) is 0 Å². The highest BCUT2D eigenvalue weighted by molar-refractivity contribution is 7.09. The van der Waals surface area contributed by atoms with E-state index in [0.29, 0.717) is 6.61 Å². The zero-order valence-electron chi connectivity index (χ0n) is 11.8. The fraction of sp³-hybridized carbons (Fsp3) is 0.538.